The molecule has 0 saturated carbocycles. The van der Waals surface area contributed by atoms with Gasteiger partial charge in [-0.1, -0.05) is 26.0 Å². The number of fused-ring (bicyclic) bond motifs is 1. The molecule has 3 aromatic rings. The number of halogens is 4. The SMILES string of the molecule is CC.CC(=O)Oc1c(C)c(-c2ccc(N3CCC(F)(F)C3)cc2)nc2cc(F)cc(F)c12. The van der Waals surface area contributed by atoms with E-state index in [1.54, 1.807) is 36.1 Å². The van der Waals surface area contributed by atoms with E-state index in [0.29, 0.717) is 28.6 Å². The number of esters is 1. The van der Waals surface area contributed by atoms with E-state index < -0.39 is 23.5 Å². The number of alkyl halides is 2. The Balaban J connectivity index is 0.00000141. The molecule has 0 unspecified atom stereocenters. The van der Waals surface area contributed by atoms with Crippen LogP contribution in [0.3, 0.4) is 0 Å². The third-order valence-corrected chi connectivity index (χ3v) is 5.11. The maximum Gasteiger partial charge on any atom is 0.308 e. The summed E-state index contributed by atoms with van der Waals surface area (Å²) in [7, 11) is 0. The molecule has 1 saturated heterocycles. The Kier molecular flexibility index (Phi) is 6.71. The molecular weight excluding hydrogens is 424 g/mol. The number of aromatic nitrogens is 1. The van der Waals surface area contributed by atoms with Gasteiger partial charge in [0.25, 0.3) is 5.92 Å². The average Bonchev–Trinajstić information content (AvgIpc) is 3.10. The first-order valence-electron chi connectivity index (χ1n) is 10.4. The molecule has 8 heteroatoms. The van der Waals surface area contributed by atoms with Gasteiger partial charge in [-0.05, 0) is 19.1 Å². The zero-order valence-corrected chi connectivity index (χ0v) is 18.3. The van der Waals surface area contributed by atoms with Gasteiger partial charge in [-0.15, -0.1) is 0 Å². The summed E-state index contributed by atoms with van der Waals surface area (Å²) in [4.78, 5) is 17.6. The molecule has 0 atom stereocenters. The highest BCUT2D eigenvalue weighted by Gasteiger charge is 2.38. The Morgan fingerprint density at radius 1 is 1.12 bits per heavy atom. The van der Waals surface area contributed by atoms with Gasteiger partial charge >= 0.3 is 5.97 Å². The van der Waals surface area contributed by atoms with Gasteiger partial charge in [-0.25, -0.2) is 22.5 Å². The first-order valence-corrected chi connectivity index (χ1v) is 10.4. The van der Waals surface area contributed by atoms with Crippen LogP contribution < -0.4 is 9.64 Å². The Morgan fingerprint density at radius 3 is 2.34 bits per heavy atom. The summed E-state index contributed by atoms with van der Waals surface area (Å²) < 4.78 is 60.4. The van der Waals surface area contributed by atoms with E-state index in [9.17, 15) is 22.4 Å². The van der Waals surface area contributed by atoms with Crippen molar-refractivity contribution in [3.05, 3.63) is 53.6 Å². The molecule has 170 valence electrons. The number of pyridine rings is 1. The average molecular weight is 448 g/mol. The number of benzene rings is 2. The Hall–Kier alpha value is -3.16. The summed E-state index contributed by atoms with van der Waals surface area (Å²) in [5, 5.41) is -0.0798. The molecule has 0 N–H and O–H groups in total. The molecule has 1 aromatic heterocycles. The molecule has 0 radical (unpaired) electrons. The molecule has 4 nitrogen and oxygen atoms in total. The smallest absolute Gasteiger partial charge is 0.308 e. The molecule has 0 spiro atoms. The van der Waals surface area contributed by atoms with Crippen LogP contribution in [0.15, 0.2) is 36.4 Å². The Morgan fingerprint density at radius 2 is 1.78 bits per heavy atom. The molecule has 1 aliphatic heterocycles. The summed E-state index contributed by atoms with van der Waals surface area (Å²) in [5.41, 5.74) is 2.03. The van der Waals surface area contributed by atoms with E-state index >= 15 is 0 Å². The third-order valence-electron chi connectivity index (χ3n) is 5.11. The molecule has 2 heterocycles. The van der Waals surface area contributed by atoms with Crippen LogP contribution >= 0.6 is 0 Å². The Bertz CT molecular complexity index is 1150. The second kappa shape index (κ2) is 9.14. The summed E-state index contributed by atoms with van der Waals surface area (Å²) in [5.74, 6) is -5.06. The van der Waals surface area contributed by atoms with Crippen molar-refractivity contribution < 1.29 is 27.1 Å². The van der Waals surface area contributed by atoms with Crippen molar-refractivity contribution in [1.82, 2.24) is 4.98 Å². The van der Waals surface area contributed by atoms with Gasteiger partial charge in [0.2, 0.25) is 0 Å². The summed E-state index contributed by atoms with van der Waals surface area (Å²) in [6.07, 6.45) is -0.192. The van der Waals surface area contributed by atoms with E-state index in [-0.39, 0.29) is 36.2 Å². The molecular formula is C24H24F4N2O2. The summed E-state index contributed by atoms with van der Waals surface area (Å²) in [6.45, 7) is 6.73. The van der Waals surface area contributed by atoms with E-state index in [1.807, 2.05) is 13.8 Å². The first kappa shape index (κ1) is 23.5. The van der Waals surface area contributed by atoms with Crippen molar-refractivity contribution in [3.63, 3.8) is 0 Å². The van der Waals surface area contributed by atoms with E-state index in [4.69, 9.17) is 4.74 Å². The molecule has 0 aliphatic carbocycles. The second-order valence-corrected chi connectivity index (χ2v) is 7.36. The monoisotopic (exact) mass is 448 g/mol. The Labute approximate surface area is 183 Å². The highest BCUT2D eigenvalue weighted by Crippen LogP contribution is 2.38. The van der Waals surface area contributed by atoms with Crippen molar-refractivity contribution in [2.75, 3.05) is 18.0 Å². The van der Waals surface area contributed by atoms with Crippen molar-refractivity contribution >= 4 is 22.6 Å². The standard InChI is InChI=1S/C22H18F4N2O2.C2H6/c1-12-20(14-3-5-16(6-4-14)28-8-7-22(25,26)11-28)27-18-10-15(23)9-17(24)19(18)21(12)30-13(2)29;1-2/h3-6,9-10H,7-8,11H2,1-2H3;1-2H3. The third kappa shape index (κ3) is 4.69. The van der Waals surface area contributed by atoms with Crippen LogP contribution in [0.4, 0.5) is 23.2 Å². The number of carbonyl (C=O) groups excluding carboxylic acids is 1. The fraction of sp³-hybridized carbons (Fsp3) is 0.333. The van der Waals surface area contributed by atoms with Crippen LogP contribution in [-0.4, -0.2) is 30.0 Å². The summed E-state index contributed by atoms with van der Waals surface area (Å²) >= 11 is 0. The quantitative estimate of drug-likeness (QED) is 0.349. The van der Waals surface area contributed by atoms with Crippen molar-refractivity contribution in [2.45, 2.75) is 40.0 Å². The van der Waals surface area contributed by atoms with Gasteiger partial charge in [0, 0.05) is 48.8 Å². The highest BCUT2D eigenvalue weighted by molar-refractivity contribution is 5.92. The molecule has 1 aliphatic rings. The number of anilines is 1. The summed E-state index contributed by atoms with van der Waals surface area (Å²) in [6, 6.07) is 8.55. The van der Waals surface area contributed by atoms with Gasteiger partial charge in [-0.3, -0.25) is 4.79 Å². The highest BCUT2D eigenvalue weighted by atomic mass is 19.3. The van der Waals surface area contributed by atoms with Gasteiger partial charge in [0.15, 0.2) is 0 Å². The molecule has 32 heavy (non-hydrogen) atoms. The van der Waals surface area contributed by atoms with Crippen molar-refractivity contribution in [3.8, 4) is 17.0 Å². The van der Waals surface area contributed by atoms with E-state index in [0.717, 1.165) is 6.07 Å². The lowest BCUT2D eigenvalue weighted by Crippen LogP contribution is -2.24. The van der Waals surface area contributed by atoms with Crippen LogP contribution in [0.25, 0.3) is 22.2 Å². The van der Waals surface area contributed by atoms with E-state index in [2.05, 4.69) is 4.98 Å². The lowest BCUT2D eigenvalue weighted by atomic mass is 10.0. The van der Waals surface area contributed by atoms with Crippen LogP contribution in [0.5, 0.6) is 5.75 Å². The van der Waals surface area contributed by atoms with Crippen LogP contribution in [0.1, 0.15) is 32.8 Å². The number of carbonyl (C=O) groups is 1. The maximum absolute atomic E-state index is 14.4. The normalized spacial score (nSPS) is 14.8. The van der Waals surface area contributed by atoms with Crippen molar-refractivity contribution in [2.24, 2.45) is 0 Å². The largest absolute Gasteiger partial charge is 0.426 e. The zero-order valence-electron chi connectivity index (χ0n) is 18.3. The lowest BCUT2D eigenvalue weighted by Gasteiger charge is -2.19. The van der Waals surface area contributed by atoms with Gasteiger partial charge < -0.3 is 9.64 Å². The minimum absolute atomic E-state index is 0.00705. The molecule has 1 fully saturated rings. The molecule has 4 rings (SSSR count). The minimum Gasteiger partial charge on any atom is -0.426 e. The van der Waals surface area contributed by atoms with Gasteiger partial charge in [-0.2, -0.15) is 0 Å². The number of ether oxygens (including phenoxy) is 1. The second-order valence-electron chi connectivity index (χ2n) is 7.36. The first-order chi connectivity index (χ1) is 15.1. The molecule has 0 bridgehead atoms. The van der Waals surface area contributed by atoms with Crippen molar-refractivity contribution in [1.29, 1.82) is 0 Å². The number of nitrogens with zero attached hydrogens (tertiary/aromatic N) is 2. The molecule has 0 amide bonds. The number of rotatable bonds is 3. The lowest BCUT2D eigenvalue weighted by molar-refractivity contribution is -0.131. The zero-order chi connectivity index (χ0) is 23.6. The van der Waals surface area contributed by atoms with Gasteiger partial charge in [0.05, 0.1) is 23.1 Å². The van der Waals surface area contributed by atoms with Gasteiger partial charge in [0.1, 0.15) is 17.4 Å². The van der Waals surface area contributed by atoms with Crippen LogP contribution in [0.2, 0.25) is 0 Å². The number of hydrogen-bond donors (Lipinski definition) is 0. The number of hydrogen-bond acceptors (Lipinski definition) is 4. The fourth-order valence-electron chi connectivity index (χ4n) is 3.71. The van der Waals surface area contributed by atoms with Crippen LogP contribution in [0, 0.1) is 18.6 Å². The van der Waals surface area contributed by atoms with E-state index in [1.165, 1.54) is 6.92 Å². The minimum atomic E-state index is -2.71. The maximum atomic E-state index is 14.4. The topological polar surface area (TPSA) is 42.4 Å². The predicted octanol–water partition coefficient (Wildman–Crippen LogP) is 6.29. The molecule has 2 aromatic carbocycles. The van der Waals surface area contributed by atoms with Crippen LogP contribution in [-0.2, 0) is 4.79 Å². The fourth-order valence-corrected chi connectivity index (χ4v) is 3.71. The predicted molar refractivity (Wildman–Crippen MR) is 116 cm³/mol.